The van der Waals surface area contributed by atoms with Gasteiger partial charge in [-0.3, -0.25) is 4.99 Å². The van der Waals surface area contributed by atoms with Gasteiger partial charge < -0.3 is 9.88 Å². The van der Waals surface area contributed by atoms with E-state index in [1.807, 2.05) is 11.3 Å². The monoisotopic (exact) mass is 631 g/mol. The third-order valence-corrected chi connectivity index (χ3v) is 10.8. The highest BCUT2D eigenvalue weighted by Crippen LogP contribution is 2.47. The molecular formula is C44H29N3S. The maximum atomic E-state index is 5.29. The summed E-state index contributed by atoms with van der Waals surface area (Å²) in [4.78, 5) is 5.29. The van der Waals surface area contributed by atoms with E-state index in [0.717, 1.165) is 33.8 Å². The van der Waals surface area contributed by atoms with Crippen LogP contribution in [0.3, 0.4) is 0 Å². The second kappa shape index (κ2) is 10.8. The van der Waals surface area contributed by atoms with Gasteiger partial charge >= 0.3 is 0 Å². The van der Waals surface area contributed by atoms with E-state index < -0.39 is 0 Å². The fraction of sp³-hybridized carbons (Fsp3) is 0.0227. The third kappa shape index (κ3) is 4.16. The number of benzene rings is 7. The minimum atomic E-state index is -0.251. The summed E-state index contributed by atoms with van der Waals surface area (Å²) < 4.78 is 5.11. The van der Waals surface area contributed by atoms with Crippen LogP contribution in [0, 0.1) is 0 Å². The van der Waals surface area contributed by atoms with Crippen LogP contribution in [-0.2, 0) is 0 Å². The highest BCUT2D eigenvalue weighted by atomic mass is 32.1. The van der Waals surface area contributed by atoms with Crippen molar-refractivity contribution in [3.63, 3.8) is 0 Å². The molecule has 7 aromatic carbocycles. The van der Waals surface area contributed by atoms with Gasteiger partial charge in [-0.2, -0.15) is 0 Å². The van der Waals surface area contributed by atoms with Crippen molar-refractivity contribution >= 4 is 75.5 Å². The van der Waals surface area contributed by atoms with Crippen LogP contribution >= 0.6 is 11.3 Å². The second-order valence-electron chi connectivity index (χ2n) is 12.4. The van der Waals surface area contributed by atoms with Gasteiger partial charge in [0, 0.05) is 37.6 Å². The Kier molecular flexibility index (Phi) is 6.11. The second-order valence-corrected chi connectivity index (χ2v) is 13.4. The lowest BCUT2D eigenvalue weighted by Gasteiger charge is -2.25. The summed E-state index contributed by atoms with van der Waals surface area (Å²) in [5.41, 5.74) is 8.99. The topological polar surface area (TPSA) is 29.3 Å². The Bertz CT molecular complexity index is 2750. The van der Waals surface area contributed by atoms with Crippen LogP contribution in [0.2, 0.25) is 0 Å². The smallest absolute Gasteiger partial charge is 0.145 e. The highest BCUT2D eigenvalue weighted by molar-refractivity contribution is 7.27. The van der Waals surface area contributed by atoms with Crippen LogP contribution in [0.5, 0.6) is 0 Å². The zero-order valence-corrected chi connectivity index (χ0v) is 26.8. The van der Waals surface area contributed by atoms with Crippen molar-refractivity contribution < 1.29 is 0 Å². The molecule has 0 saturated carbocycles. The fourth-order valence-corrected chi connectivity index (χ4v) is 8.73. The van der Waals surface area contributed by atoms with E-state index in [0.29, 0.717) is 0 Å². The number of fused-ring (bicyclic) bond motifs is 10. The standard InChI is InChI=1S/C44H29N3S/c1-3-14-28(15-4-1)36-27-37(29-16-5-2-6-17-29)46-44(45-36)30-18-13-19-31(26-30)47-38-24-11-9-22-34(38)40-32-20-7-8-21-33(32)41-35-23-10-12-25-39(35)48-43(41)42(40)47/h1-27,44-45H. The van der Waals surface area contributed by atoms with Crippen molar-refractivity contribution in [2.45, 2.75) is 6.17 Å². The number of rotatable bonds is 4. The van der Waals surface area contributed by atoms with E-state index in [-0.39, 0.29) is 6.17 Å². The van der Waals surface area contributed by atoms with Gasteiger partial charge in [-0.05, 0) is 57.8 Å². The van der Waals surface area contributed by atoms with Gasteiger partial charge in [0.15, 0.2) is 0 Å². The van der Waals surface area contributed by atoms with Crippen LogP contribution in [-0.4, -0.2) is 10.3 Å². The molecule has 10 rings (SSSR count). The van der Waals surface area contributed by atoms with Gasteiger partial charge in [0.05, 0.1) is 21.4 Å². The van der Waals surface area contributed by atoms with E-state index in [1.54, 1.807) is 0 Å². The molecule has 2 aromatic heterocycles. The third-order valence-electron chi connectivity index (χ3n) is 9.59. The Morgan fingerprint density at radius 2 is 1.21 bits per heavy atom. The zero-order chi connectivity index (χ0) is 31.6. The quantitative estimate of drug-likeness (QED) is 0.206. The van der Waals surface area contributed by atoms with Gasteiger partial charge in [-0.1, -0.05) is 133 Å². The molecule has 1 aliphatic heterocycles. The molecule has 0 aliphatic carbocycles. The number of aromatic nitrogens is 1. The lowest BCUT2D eigenvalue weighted by Crippen LogP contribution is -2.25. The Hall–Kier alpha value is -5.97. The molecule has 0 spiro atoms. The Labute approximate surface area is 281 Å². The SMILES string of the molecule is C1=C(c2ccccc2)NC(c2cccc(-n3c4ccccc4c4c5ccccc5c5c6ccccc6sc5c43)c2)N=C1c1ccccc1. The van der Waals surface area contributed by atoms with Crippen LogP contribution in [0.1, 0.15) is 22.9 Å². The Balaban J connectivity index is 1.23. The van der Waals surface area contributed by atoms with Crippen LogP contribution < -0.4 is 5.32 Å². The van der Waals surface area contributed by atoms with E-state index >= 15 is 0 Å². The molecule has 3 nitrogen and oxygen atoms in total. The average Bonchev–Trinajstić information content (AvgIpc) is 3.73. The van der Waals surface area contributed by atoms with Gasteiger partial charge in [-0.25, -0.2) is 0 Å². The molecule has 0 amide bonds. The molecule has 0 fully saturated rings. The maximum absolute atomic E-state index is 5.29. The number of nitrogens with zero attached hydrogens (tertiary/aromatic N) is 2. The van der Waals surface area contributed by atoms with E-state index in [2.05, 4.69) is 174 Å². The van der Waals surface area contributed by atoms with Crippen molar-refractivity contribution in [2.24, 2.45) is 4.99 Å². The average molecular weight is 632 g/mol. The summed E-state index contributed by atoms with van der Waals surface area (Å²) in [6.07, 6.45) is 1.92. The first-order valence-electron chi connectivity index (χ1n) is 16.3. The van der Waals surface area contributed by atoms with Crippen LogP contribution in [0.4, 0.5) is 0 Å². The summed E-state index contributed by atoms with van der Waals surface area (Å²) in [6, 6.07) is 56.5. The molecule has 1 aliphatic rings. The summed E-state index contributed by atoms with van der Waals surface area (Å²) in [6.45, 7) is 0. The minimum Gasteiger partial charge on any atom is -0.360 e. The van der Waals surface area contributed by atoms with E-state index in [1.165, 1.54) is 52.8 Å². The molecule has 4 heteroatoms. The molecule has 1 atom stereocenters. The van der Waals surface area contributed by atoms with E-state index in [9.17, 15) is 0 Å². The molecule has 48 heavy (non-hydrogen) atoms. The highest BCUT2D eigenvalue weighted by Gasteiger charge is 2.23. The largest absolute Gasteiger partial charge is 0.360 e. The van der Waals surface area contributed by atoms with E-state index in [4.69, 9.17) is 4.99 Å². The van der Waals surface area contributed by atoms with Gasteiger partial charge in [-0.15, -0.1) is 11.3 Å². The number of allylic oxidation sites excluding steroid dienone is 1. The number of nitrogens with one attached hydrogen (secondary N) is 1. The first-order valence-corrected chi connectivity index (χ1v) is 17.2. The molecule has 9 aromatic rings. The Morgan fingerprint density at radius 1 is 0.562 bits per heavy atom. The van der Waals surface area contributed by atoms with Crippen molar-refractivity contribution in [3.05, 3.63) is 180 Å². The van der Waals surface area contributed by atoms with Crippen molar-refractivity contribution in [1.29, 1.82) is 0 Å². The molecule has 0 saturated heterocycles. The number of hydrogen-bond donors (Lipinski definition) is 1. The van der Waals surface area contributed by atoms with Gasteiger partial charge in [0.2, 0.25) is 0 Å². The summed E-state index contributed by atoms with van der Waals surface area (Å²) in [5, 5.41) is 11.6. The predicted molar refractivity (Wildman–Crippen MR) is 204 cm³/mol. The normalized spacial score (nSPS) is 14.9. The molecule has 1 N–H and O–H groups in total. The van der Waals surface area contributed by atoms with Crippen LogP contribution in [0.25, 0.3) is 64.1 Å². The molecule has 1 unspecified atom stereocenters. The van der Waals surface area contributed by atoms with Crippen LogP contribution in [0.15, 0.2) is 169 Å². The van der Waals surface area contributed by atoms with Crippen molar-refractivity contribution in [2.75, 3.05) is 0 Å². The minimum absolute atomic E-state index is 0.251. The molecular weight excluding hydrogens is 603 g/mol. The Morgan fingerprint density at radius 3 is 2.00 bits per heavy atom. The maximum Gasteiger partial charge on any atom is 0.145 e. The number of hydrogen-bond acceptors (Lipinski definition) is 3. The molecule has 0 radical (unpaired) electrons. The molecule has 3 heterocycles. The number of para-hydroxylation sites is 1. The predicted octanol–water partition coefficient (Wildman–Crippen LogP) is 11.4. The summed E-state index contributed by atoms with van der Waals surface area (Å²) in [7, 11) is 0. The van der Waals surface area contributed by atoms with Gasteiger partial charge in [0.1, 0.15) is 6.17 Å². The summed E-state index contributed by atoms with van der Waals surface area (Å²) >= 11 is 1.90. The number of thiophene rings is 1. The summed E-state index contributed by atoms with van der Waals surface area (Å²) in [5.74, 6) is 0. The zero-order valence-electron chi connectivity index (χ0n) is 26.0. The molecule has 226 valence electrons. The first kappa shape index (κ1) is 27.2. The lowest BCUT2D eigenvalue weighted by molar-refractivity contribution is 0.663. The lowest BCUT2D eigenvalue weighted by atomic mass is 9.99. The van der Waals surface area contributed by atoms with Crippen molar-refractivity contribution in [3.8, 4) is 5.69 Å². The van der Waals surface area contributed by atoms with Crippen molar-refractivity contribution in [1.82, 2.24) is 9.88 Å². The fourth-order valence-electron chi connectivity index (χ4n) is 7.47. The molecule has 0 bridgehead atoms. The van der Waals surface area contributed by atoms with Gasteiger partial charge in [0.25, 0.3) is 0 Å². The first-order chi connectivity index (χ1) is 23.8. The number of aliphatic imine (C=N–C) groups is 1.